The van der Waals surface area contributed by atoms with Gasteiger partial charge in [0.2, 0.25) is 5.95 Å². The minimum atomic E-state index is -0.568. The molecule has 0 saturated heterocycles. The summed E-state index contributed by atoms with van der Waals surface area (Å²) in [5.74, 6) is 0.290. The molecule has 9 heteroatoms. The van der Waals surface area contributed by atoms with Gasteiger partial charge in [-0.2, -0.15) is 10.1 Å². The van der Waals surface area contributed by atoms with E-state index >= 15 is 0 Å². The fourth-order valence-electron chi connectivity index (χ4n) is 2.68. The Balaban J connectivity index is 2.24. The van der Waals surface area contributed by atoms with E-state index in [9.17, 15) is 9.90 Å². The number of aromatic nitrogens is 3. The van der Waals surface area contributed by atoms with Gasteiger partial charge in [-0.25, -0.2) is 9.48 Å². The summed E-state index contributed by atoms with van der Waals surface area (Å²) in [4.78, 5) is 16.5. The molecule has 0 bridgehead atoms. The Bertz CT molecular complexity index is 846. The lowest BCUT2D eigenvalue weighted by molar-refractivity contribution is -0.136. The molecular formula is C15H15BrN4O4. The fraction of sp³-hybridized carbons (Fsp3) is 0.267. The number of aromatic hydroxyl groups is 1. The number of benzene rings is 1. The number of phenols is 1. The van der Waals surface area contributed by atoms with Crippen molar-refractivity contribution in [2.75, 3.05) is 19.5 Å². The molecule has 1 aliphatic heterocycles. The zero-order chi connectivity index (χ0) is 17.4. The second-order valence-electron chi connectivity index (χ2n) is 5.14. The van der Waals surface area contributed by atoms with Crippen molar-refractivity contribution in [3.05, 3.63) is 39.8 Å². The van der Waals surface area contributed by atoms with Crippen molar-refractivity contribution >= 4 is 27.8 Å². The number of nitrogens with zero attached hydrogens (tertiary/aromatic N) is 3. The largest absolute Gasteiger partial charge is 0.503 e. The van der Waals surface area contributed by atoms with Crippen LogP contribution in [0.15, 0.2) is 34.2 Å². The van der Waals surface area contributed by atoms with E-state index in [1.54, 1.807) is 23.7 Å². The Hall–Kier alpha value is -2.55. The third-order valence-electron chi connectivity index (χ3n) is 3.79. The Morgan fingerprint density at radius 3 is 2.83 bits per heavy atom. The van der Waals surface area contributed by atoms with Gasteiger partial charge in [0.25, 0.3) is 0 Å². The van der Waals surface area contributed by atoms with Gasteiger partial charge < -0.3 is 19.9 Å². The Morgan fingerprint density at radius 2 is 2.17 bits per heavy atom. The molecule has 2 aromatic rings. The maximum absolute atomic E-state index is 12.3. The first-order valence-corrected chi connectivity index (χ1v) is 7.79. The van der Waals surface area contributed by atoms with Crippen molar-refractivity contribution in [2.24, 2.45) is 0 Å². The van der Waals surface area contributed by atoms with Crippen LogP contribution < -0.4 is 10.1 Å². The number of esters is 1. The summed E-state index contributed by atoms with van der Waals surface area (Å²) in [5, 5.41) is 17.3. The highest BCUT2D eigenvalue weighted by Gasteiger charge is 2.34. The highest BCUT2D eigenvalue weighted by molar-refractivity contribution is 9.10. The number of nitrogens with one attached hydrogen (secondary N) is 1. The Kier molecular flexibility index (Phi) is 4.18. The second-order valence-corrected chi connectivity index (χ2v) is 5.99. The van der Waals surface area contributed by atoms with Crippen molar-refractivity contribution in [1.29, 1.82) is 0 Å². The predicted molar refractivity (Wildman–Crippen MR) is 88.9 cm³/mol. The highest BCUT2D eigenvalue weighted by atomic mass is 79.9. The summed E-state index contributed by atoms with van der Waals surface area (Å²) >= 11 is 3.30. The van der Waals surface area contributed by atoms with E-state index in [2.05, 4.69) is 31.3 Å². The van der Waals surface area contributed by atoms with Crippen molar-refractivity contribution in [2.45, 2.75) is 13.0 Å². The molecule has 1 aromatic carbocycles. The van der Waals surface area contributed by atoms with Crippen LogP contribution in [0.5, 0.6) is 11.5 Å². The highest BCUT2D eigenvalue weighted by Crippen LogP contribution is 2.41. The molecule has 24 heavy (non-hydrogen) atoms. The molecule has 3 rings (SSSR count). The first-order valence-electron chi connectivity index (χ1n) is 7.00. The van der Waals surface area contributed by atoms with Crippen LogP contribution in [0.2, 0.25) is 0 Å². The van der Waals surface area contributed by atoms with Crippen molar-refractivity contribution in [3.8, 4) is 11.5 Å². The third-order valence-corrected chi connectivity index (χ3v) is 4.39. The van der Waals surface area contributed by atoms with Gasteiger partial charge in [-0.15, -0.1) is 0 Å². The summed E-state index contributed by atoms with van der Waals surface area (Å²) in [6.45, 7) is 1.77. The number of methoxy groups -OCH3 is 2. The number of ether oxygens (including phenoxy) is 2. The van der Waals surface area contributed by atoms with Crippen LogP contribution in [-0.2, 0) is 9.53 Å². The zero-order valence-electron chi connectivity index (χ0n) is 13.2. The molecule has 2 heterocycles. The third kappa shape index (κ3) is 2.50. The topological polar surface area (TPSA) is 98.5 Å². The van der Waals surface area contributed by atoms with Gasteiger partial charge in [-0.1, -0.05) is 0 Å². The maximum Gasteiger partial charge on any atom is 0.338 e. The number of anilines is 1. The van der Waals surface area contributed by atoms with Gasteiger partial charge >= 0.3 is 5.97 Å². The number of fused-ring (bicyclic) bond motifs is 1. The average Bonchev–Trinajstić information content (AvgIpc) is 3.03. The standard InChI is InChI=1S/C15H15BrN4O4/c1-7-11(14(22)24-3)12(20-15(19-7)17-6-18-20)8-4-9(16)13(21)10(5-8)23-2/h4-6,12,21H,1-3H3,(H,17,18,19)/t12-/m0/s1. The molecule has 0 fully saturated rings. The summed E-state index contributed by atoms with van der Waals surface area (Å²) in [7, 11) is 2.78. The minimum Gasteiger partial charge on any atom is -0.503 e. The average molecular weight is 395 g/mol. The summed E-state index contributed by atoms with van der Waals surface area (Å²) < 4.78 is 12.2. The van der Waals surface area contributed by atoms with E-state index in [0.717, 1.165) is 0 Å². The molecule has 126 valence electrons. The first-order chi connectivity index (χ1) is 11.5. The summed E-state index contributed by atoms with van der Waals surface area (Å²) in [6.07, 6.45) is 1.40. The lowest BCUT2D eigenvalue weighted by Crippen LogP contribution is -2.29. The molecule has 1 atom stereocenters. The van der Waals surface area contributed by atoms with E-state index in [4.69, 9.17) is 9.47 Å². The normalized spacial score (nSPS) is 16.4. The zero-order valence-corrected chi connectivity index (χ0v) is 14.8. The van der Waals surface area contributed by atoms with E-state index in [1.165, 1.54) is 20.5 Å². The van der Waals surface area contributed by atoms with Gasteiger partial charge in [0.15, 0.2) is 11.5 Å². The van der Waals surface area contributed by atoms with Gasteiger partial charge in [0.05, 0.1) is 24.3 Å². The van der Waals surface area contributed by atoms with Gasteiger partial charge in [-0.3, -0.25) is 0 Å². The molecular weight excluding hydrogens is 380 g/mol. The second kappa shape index (κ2) is 6.16. The van der Waals surface area contributed by atoms with E-state index in [1.807, 2.05) is 0 Å². The molecule has 2 N–H and O–H groups in total. The SMILES string of the molecule is COC(=O)C1=C(C)Nc2ncnn2[C@H]1c1cc(Br)c(O)c(OC)c1. The Labute approximate surface area is 146 Å². The maximum atomic E-state index is 12.3. The molecule has 1 aromatic heterocycles. The van der Waals surface area contributed by atoms with Crippen LogP contribution in [0.3, 0.4) is 0 Å². The van der Waals surface area contributed by atoms with Crippen LogP contribution in [0, 0.1) is 0 Å². The molecule has 0 saturated carbocycles. The molecule has 8 nitrogen and oxygen atoms in total. The summed E-state index contributed by atoms with van der Waals surface area (Å²) in [5.41, 5.74) is 1.70. The van der Waals surface area contributed by atoms with E-state index in [0.29, 0.717) is 27.3 Å². The van der Waals surface area contributed by atoms with E-state index < -0.39 is 12.0 Å². The Morgan fingerprint density at radius 1 is 1.42 bits per heavy atom. The number of carbonyl (C=O) groups excluding carboxylic acids is 1. The number of halogens is 1. The van der Waals surface area contributed by atoms with Gasteiger partial charge in [-0.05, 0) is 40.5 Å². The van der Waals surface area contributed by atoms with Gasteiger partial charge in [0, 0.05) is 5.70 Å². The lowest BCUT2D eigenvalue weighted by Gasteiger charge is -2.28. The molecule has 0 unspecified atom stereocenters. The number of hydrogen-bond donors (Lipinski definition) is 2. The van der Waals surface area contributed by atoms with Crippen LogP contribution in [0.25, 0.3) is 0 Å². The summed E-state index contributed by atoms with van der Waals surface area (Å²) in [6, 6.07) is 2.79. The number of rotatable bonds is 3. The van der Waals surface area contributed by atoms with Gasteiger partial charge in [0.1, 0.15) is 12.4 Å². The molecule has 0 spiro atoms. The lowest BCUT2D eigenvalue weighted by atomic mass is 9.95. The van der Waals surface area contributed by atoms with Crippen LogP contribution >= 0.6 is 15.9 Å². The molecule has 0 aliphatic carbocycles. The van der Waals surface area contributed by atoms with Crippen molar-refractivity contribution in [3.63, 3.8) is 0 Å². The number of carbonyl (C=O) groups is 1. The van der Waals surface area contributed by atoms with Crippen LogP contribution in [-0.4, -0.2) is 40.1 Å². The van der Waals surface area contributed by atoms with E-state index in [-0.39, 0.29) is 11.5 Å². The van der Waals surface area contributed by atoms with Crippen molar-refractivity contribution < 1.29 is 19.4 Å². The quantitative estimate of drug-likeness (QED) is 0.769. The molecule has 0 amide bonds. The fourth-order valence-corrected chi connectivity index (χ4v) is 3.14. The molecule has 0 radical (unpaired) electrons. The monoisotopic (exact) mass is 394 g/mol. The van der Waals surface area contributed by atoms with Crippen LogP contribution in [0.1, 0.15) is 18.5 Å². The predicted octanol–water partition coefficient (Wildman–Crippen LogP) is 2.22. The van der Waals surface area contributed by atoms with Crippen LogP contribution in [0.4, 0.5) is 5.95 Å². The first kappa shape index (κ1) is 16.3. The number of allylic oxidation sites excluding steroid dienone is 1. The number of phenolic OH excluding ortho intramolecular Hbond substituents is 1. The number of hydrogen-bond acceptors (Lipinski definition) is 7. The smallest absolute Gasteiger partial charge is 0.338 e. The van der Waals surface area contributed by atoms with Crippen molar-refractivity contribution in [1.82, 2.24) is 14.8 Å². The molecule has 1 aliphatic rings. The minimum absolute atomic E-state index is 0.0192.